The summed E-state index contributed by atoms with van der Waals surface area (Å²) in [4.78, 5) is 0.230. The molecule has 1 aromatic heterocycles. The summed E-state index contributed by atoms with van der Waals surface area (Å²) in [7, 11) is -1.72. The van der Waals surface area contributed by atoms with E-state index >= 15 is 0 Å². The monoisotopic (exact) mass is 216 g/mol. The van der Waals surface area contributed by atoms with E-state index in [1.54, 1.807) is 14.0 Å². The second-order valence-corrected chi connectivity index (χ2v) is 4.74. The molecule has 79 valence electrons. The Morgan fingerprint density at radius 1 is 1.64 bits per heavy atom. The Morgan fingerprint density at radius 2 is 2.29 bits per heavy atom. The van der Waals surface area contributed by atoms with Crippen LogP contribution >= 0.6 is 0 Å². The van der Waals surface area contributed by atoms with E-state index in [2.05, 4.69) is 16.7 Å². The molecule has 1 rings (SSSR count). The van der Waals surface area contributed by atoms with Gasteiger partial charge >= 0.3 is 0 Å². The van der Waals surface area contributed by atoms with Gasteiger partial charge in [0, 0.05) is 19.8 Å². The molecule has 0 aliphatic rings. The van der Waals surface area contributed by atoms with Gasteiger partial charge in [-0.05, 0) is 13.3 Å². The lowest BCUT2D eigenvalue weighted by atomic mass is 10.5. The van der Waals surface area contributed by atoms with E-state index < -0.39 is 10.0 Å². The Labute approximate surface area is 84.2 Å². The molecule has 0 atom stereocenters. The van der Waals surface area contributed by atoms with Crippen LogP contribution in [0.4, 0.5) is 0 Å². The predicted molar refractivity (Wildman–Crippen MR) is 53.1 cm³/mol. The van der Waals surface area contributed by atoms with E-state index in [9.17, 15) is 8.42 Å². The number of rotatable bonds is 4. The quantitative estimate of drug-likeness (QED) is 0.783. The van der Waals surface area contributed by atoms with Crippen LogP contribution in [0.15, 0.2) is 11.1 Å². The highest BCUT2D eigenvalue weighted by Crippen LogP contribution is 2.11. The molecule has 6 heteroatoms. The molecule has 1 radical (unpaired) electrons. The zero-order chi connectivity index (χ0) is 10.8. The minimum Gasteiger partial charge on any atom is -0.274 e. The van der Waals surface area contributed by atoms with Gasteiger partial charge in [-0.3, -0.25) is 4.68 Å². The number of hydrogen-bond acceptors (Lipinski definition) is 3. The van der Waals surface area contributed by atoms with Crippen LogP contribution in [0.1, 0.15) is 12.1 Å². The maximum Gasteiger partial charge on any atom is 0.243 e. The highest BCUT2D eigenvalue weighted by molar-refractivity contribution is 7.89. The van der Waals surface area contributed by atoms with Gasteiger partial charge in [-0.25, -0.2) is 13.1 Å². The maximum atomic E-state index is 11.6. The first-order valence-electron chi connectivity index (χ1n) is 4.26. The van der Waals surface area contributed by atoms with Crippen molar-refractivity contribution in [2.45, 2.75) is 18.2 Å². The van der Waals surface area contributed by atoms with Crippen LogP contribution in [0, 0.1) is 13.8 Å². The summed E-state index contributed by atoms with van der Waals surface area (Å²) in [6.07, 6.45) is 2.01. The third-order valence-electron chi connectivity index (χ3n) is 1.73. The third kappa shape index (κ3) is 2.33. The van der Waals surface area contributed by atoms with E-state index in [0.717, 1.165) is 0 Å². The average molecular weight is 216 g/mol. The highest BCUT2D eigenvalue weighted by atomic mass is 32.2. The lowest BCUT2D eigenvalue weighted by molar-refractivity contribution is 0.581. The minimum absolute atomic E-state index is 0.230. The van der Waals surface area contributed by atoms with Crippen LogP contribution in [0.25, 0.3) is 0 Å². The topological polar surface area (TPSA) is 64.0 Å². The SMILES string of the molecule is [CH2]CCNS(=O)(=O)c1cn(C)nc1C. The second-order valence-electron chi connectivity index (χ2n) is 3.00. The minimum atomic E-state index is -3.41. The highest BCUT2D eigenvalue weighted by Gasteiger charge is 2.18. The van der Waals surface area contributed by atoms with Crippen LogP contribution < -0.4 is 4.72 Å². The first kappa shape index (κ1) is 11.2. The molecule has 1 aromatic rings. The molecule has 0 unspecified atom stereocenters. The van der Waals surface area contributed by atoms with Crippen LogP contribution in [0.3, 0.4) is 0 Å². The molecule has 0 amide bonds. The molecule has 1 heterocycles. The van der Waals surface area contributed by atoms with Gasteiger partial charge in [0.05, 0.1) is 5.69 Å². The van der Waals surface area contributed by atoms with Gasteiger partial charge < -0.3 is 0 Å². The molecule has 0 fully saturated rings. The number of aromatic nitrogens is 2. The molecule has 0 aliphatic heterocycles. The Bertz CT molecular complexity index is 408. The molecule has 0 aliphatic carbocycles. The van der Waals surface area contributed by atoms with E-state index in [-0.39, 0.29) is 4.90 Å². The summed E-state index contributed by atoms with van der Waals surface area (Å²) >= 11 is 0. The van der Waals surface area contributed by atoms with Crippen LogP contribution in [0.2, 0.25) is 0 Å². The lowest BCUT2D eigenvalue weighted by Crippen LogP contribution is -2.24. The first-order chi connectivity index (χ1) is 6.47. The van der Waals surface area contributed by atoms with E-state index in [0.29, 0.717) is 18.7 Å². The zero-order valence-electron chi connectivity index (χ0n) is 8.32. The van der Waals surface area contributed by atoms with Crippen molar-refractivity contribution < 1.29 is 8.42 Å². The number of nitrogens with one attached hydrogen (secondary N) is 1. The molecule has 0 saturated carbocycles. The standard InChI is InChI=1S/C8H14N3O2S/c1-4-5-9-14(12,13)8-6-11(3)10-7(8)2/h6,9H,1,4-5H2,2-3H3. The van der Waals surface area contributed by atoms with Gasteiger partial charge in [-0.1, -0.05) is 6.92 Å². The maximum absolute atomic E-state index is 11.6. The largest absolute Gasteiger partial charge is 0.274 e. The lowest BCUT2D eigenvalue weighted by Gasteiger charge is -2.02. The summed E-state index contributed by atoms with van der Waals surface area (Å²) in [6.45, 7) is 5.57. The van der Waals surface area contributed by atoms with Crippen molar-refractivity contribution in [1.82, 2.24) is 14.5 Å². The summed E-state index contributed by atoms with van der Waals surface area (Å²) in [6, 6.07) is 0. The summed E-state index contributed by atoms with van der Waals surface area (Å²) in [5, 5.41) is 3.97. The van der Waals surface area contributed by atoms with Crippen LogP contribution in [-0.2, 0) is 17.1 Å². The molecule has 5 nitrogen and oxygen atoms in total. The van der Waals surface area contributed by atoms with E-state index in [1.165, 1.54) is 10.9 Å². The predicted octanol–water partition coefficient (Wildman–Crippen LogP) is 0.231. The van der Waals surface area contributed by atoms with Crippen molar-refractivity contribution in [3.8, 4) is 0 Å². The van der Waals surface area contributed by atoms with Gasteiger partial charge in [0.1, 0.15) is 4.90 Å². The normalized spacial score (nSPS) is 11.9. The molecular weight excluding hydrogens is 202 g/mol. The second kappa shape index (κ2) is 4.10. The summed E-state index contributed by atoms with van der Waals surface area (Å²) in [5.41, 5.74) is 0.504. The molecule has 14 heavy (non-hydrogen) atoms. The Hall–Kier alpha value is -0.880. The van der Waals surface area contributed by atoms with Gasteiger partial charge in [0.2, 0.25) is 10.0 Å². The number of hydrogen-bond donors (Lipinski definition) is 1. The van der Waals surface area contributed by atoms with Crippen molar-refractivity contribution in [3.63, 3.8) is 0 Å². The first-order valence-corrected chi connectivity index (χ1v) is 5.75. The smallest absolute Gasteiger partial charge is 0.243 e. The number of sulfonamides is 1. The molecular formula is C8H14N3O2S. The Balaban J connectivity index is 2.98. The van der Waals surface area contributed by atoms with Crippen molar-refractivity contribution in [2.24, 2.45) is 7.05 Å². The van der Waals surface area contributed by atoms with Gasteiger partial charge in [0.15, 0.2) is 0 Å². The molecule has 0 saturated heterocycles. The van der Waals surface area contributed by atoms with Crippen LogP contribution in [-0.4, -0.2) is 24.7 Å². The van der Waals surface area contributed by atoms with Crippen molar-refractivity contribution in [1.29, 1.82) is 0 Å². The van der Waals surface area contributed by atoms with Crippen LogP contribution in [0.5, 0.6) is 0 Å². The average Bonchev–Trinajstić information content (AvgIpc) is 2.42. The Morgan fingerprint density at radius 3 is 2.71 bits per heavy atom. The van der Waals surface area contributed by atoms with Gasteiger partial charge in [-0.15, -0.1) is 0 Å². The van der Waals surface area contributed by atoms with E-state index in [1.807, 2.05) is 0 Å². The molecule has 0 aromatic carbocycles. The van der Waals surface area contributed by atoms with Gasteiger partial charge in [-0.2, -0.15) is 5.10 Å². The summed E-state index contributed by atoms with van der Waals surface area (Å²) in [5.74, 6) is 0. The van der Waals surface area contributed by atoms with Crippen molar-refractivity contribution in [3.05, 3.63) is 18.8 Å². The van der Waals surface area contributed by atoms with Gasteiger partial charge in [0.25, 0.3) is 0 Å². The fourth-order valence-electron chi connectivity index (χ4n) is 1.13. The third-order valence-corrected chi connectivity index (χ3v) is 3.29. The fraction of sp³-hybridized carbons (Fsp3) is 0.500. The molecule has 0 bridgehead atoms. The number of aryl methyl sites for hydroxylation is 2. The van der Waals surface area contributed by atoms with Crippen molar-refractivity contribution >= 4 is 10.0 Å². The van der Waals surface area contributed by atoms with E-state index in [4.69, 9.17) is 0 Å². The molecule has 1 N–H and O–H groups in total. The zero-order valence-corrected chi connectivity index (χ0v) is 9.13. The van der Waals surface area contributed by atoms with Crippen molar-refractivity contribution in [2.75, 3.05) is 6.54 Å². The number of nitrogens with zero attached hydrogens (tertiary/aromatic N) is 2. The Kier molecular flexibility index (Phi) is 3.28. The molecule has 0 spiro atoms. The fourth-order valence-corrected chi connectivity index (χ4v) is 2.42. The summed E-state index contributed by atoms with van der Waals surface area (Å²) < 4.78 is 27.2.